The second kappa shape index (κ2) is 9.54. The molecule has 1 aromatic heterocycles. The maximum atomic E-state index is 11.7. The number of hydrogen-bond donors (Lipinski definition) is 0. The Morgan fingerprint density at radius 2 is 2.04 bits per heavy atom. The van der Waals surface area contributed by atoms with Crippen molar-refractivity contribution >= 4 is 29.5 Å². The summed E-state index contributed by atoms with van der Waals surface area (Å²) < 4.78 is 7.12. The van der Waals surface area contributed by atoms with E-state index < -0.39 is 0 Å². The van der Waals surface area contributed by atoms with Gasteiger partial charge in [0.2, 0.25) is 0 Å². The fraction of sp³-hybridized carbons (Fsp3) is 0.353. The summed E-state index contributed by atoms with van der Waals surface area (Å²) in [5, 5.41) is 9.17. The van der Waals surface area contributed by atoms with Crippen molar-refractivity contribution in [1.82, 2.24) is 14.8 Å². The van der Waals surface area contributed by atoms with Crippen LogP contribution in [0.15, 0.2) is 53.0 Å². The monoisotopic (exact) mass is 363 g/mol. The quantitative estimate of drug-likeness (QED) is 0.384. The minimum absolute atomic E-state index is 0.109. The molecule has 0 saturated heterocycles. The van der Waals surface area contributed by atoms with Crippen LogP contribution in [0, 0.1) is 0 Å². The normalized spacial score (nSPS) is 10.8. The molecule has 128 valence electrons. The highest BCUT2D eigenvalue weighted by molar-refractivity contribution is 7.99. The first kappa shape index (κ1) is 18.6. The fourth-order valence-electron chi connectivity index (χ4n) is 1.93. The van der Waals surface area contributed by atoms with E-state index in [2.05, 4.69) is 28.9 Å². The van der Waals surface area contributed by atoms with Crippen LogP contribution in [0.4, 0.5) is 0 Å². The maximum Gasteiger partial charge on any atom is 0.316 e. The van der Waals surface area contributed by atoms with Crippen molar-refractivity contribution in [3.05, 3.63) is 48.8 Å². The summed E-state index contributed by atoms with van der Waals surface area (Å²) in [5.74, 6) is 1.55. The lowest BCUT2D eigenvalue weighted by Crippen LogP contribution is -2.14. The van der Waals surface area contributed by atoms with Crippen molar-refractivity contribution in [3.8, 4) is 0 Å². The SMILES string of the molecule is C=CCn1c(CSc2ccccc2)nnc1SCC(=O)OC(C)C. The van der Waals surface area contributed by atoms with E-state index in [0.29, 0.717) is 17.5 Å². The second-order valence-corrected chi connectivity index (χ2v) is 7.22. The molecule has 2 aromatic rings. The van der Waals surface area contributed by atoms with E-state index in [1.165, 1.54) is 16.7 Å². The minimum Gasteiger partial charge on any atom is -0.462 e. The van der Waals surface area contributed by atoms with Gasteiger partial charge in [-0.25, -0.2) is 0 Å². The zero-order valence-electron chi connectivity index (χ0n) is 13.8. The van der Waals surface area contributed by atoms with E-state index in [9.17, 15) is 4.79 Å². The molecule has 0 bridgehead atoms. The van der Waals surface area contributed by atoms with Gasteiger partial charge in [0, 0.05) is 11.4 Å². The summed E-state index contributed by atoms with van der Waals surface area (Å²) in [5.41, 5.74) is 0. The highest BCUT2D eigenvalue weighted by Crippen LogP contribution is 2.24. The molecule has 1 heterocycles. The third-order valence-electron chi connectivity index (χ3n) is 2.90. The topological polar surface area (TPSA) is 57.0 Å². The predicted octanol–water partition coefficient (Wildman–Crippen LogP) is 3.80. The molecule has 1 aromatic carbocycles. The number of esters is 1. The smallest absolute Gasteiger partial charge is 0.316 e. The summed E-state index contributed by atoms with van der Waals surface area (Å²) in [7, 11) is 0. The van der Waals surface area contributed by atoms with Crippen LogP contribution >= 0.6 is 23.5 Å². The van der Waals surface area contributed by atoms with Crippen LogP contribution in [0.1, 0.15) is 19.7 Å². The van der Waals surface area contributed by atoms with Crippen LogP contribution in [0.25, 0.3) is 0 Å². The first-order valence-corrected chi connectivity index (χ1v) is 9.60. The van der Waals surface area contributed by atoms with E-state index in [1.54, 1.807) is 17.8 Å². The van der Waals surface area contributed by atoms with Gasteiger partial charge >= 0.3 is 5.97 Å². The standard InChI is InChI=1S/C17H21N3O2S2/c1-4-10-20-15(11-23-14-8-6-5-7-9-14)18-19-17(20)24-12-16(21)22-13(2)3/h4-9,13H,1,10-12H2,2-3H3. The zero-order chi connectivity index (χ0) is 17.4. The van der Waals surface area contributed by atoms with Crippen molar-refractivity contribution in [3.63, 3.8) is 0 Å². The molecule has 0 saturated carbocycles. The Morgan fingerprint density at radius 3 is 2.71 bits per heavy atom. The summed E-state index contributed by atoms with van der Waals surface area (Å²) in [6.45, 7) is 8.07. The van der Waals surface area contributed by atoms with Gasteiger partial charge in [0.25, 0.3) is 0 Å². The Morgan fingerprint density at radius 1 is 1.29 bits per heavy atom. The largest absolute Gasteiger partial charge is 0.462 e. The Bertz CT molecular complexity index is 672. The number of ether oxygens (including phenoxy) is 1. The number of carbonyl (C=O) groups excluding carboxylic acids is 1. The lowest BCUT2D eigenvalue weighted by Gasteiger charge is -2.09. The van der Waals surface area contributed by atoms with Crippen LogP contribution in [0.2, 0.25) is 0 Å². The van der Waals surface area contributed by atoms with E-state index in [4.69, 9.17) is 4.74 Å². The molecule has 5 nitrogen and oxygen atoms in total. The number of allylic oxidation sites excluding steroid dienone is 1. The predicted molar refractivity (Wildman–Crippen MR) is 98.2 cm³/mol. The van der Waals surface area contributed by atoms with Gasteiger partial charge in [-0.2, -0.15) is 0 Å². The lowest BCUT2D eigenvalue weighted by molar-refractivity contribution is -0.144. The molecule has 0 N–H and O–H groups in total. The van der Waals surface area contributed by atoms with Gasteiger partial charge in [0.05, 0.1) is 17.6 Å². The van der Waals surface area contributed by atoms with Crippen LogP contribution in [-0.2, 0) is 21.8 Å². The van der Waals surface area contributed by atoms with Gasteiger partial charge in [-0.05, 0) is 26.0 Å². The van der Waals surface area contributed by atoms with Crippen molar-refractivity contribution < 1.29 is 9.53 Å². The fourth-order valence-corrected chi connectivity index (χ4v) is 3.54. The molecule has 0 radical (unpaired) electrons. The van der Waals surface area contributed by atoms with Gasteiger partial charge in [-0.1, -0.05) is 36.0 Å². The van der Waals surface area contributed by atoms with Crippen LogP contribution < -0.4 is 0 Å². The average molecular weight is 364 g/mol. The number of hydrogen-bond acceptors (Lipinski definition) is 6. The minimum atomic E-state index is -0.247. The van der Waals surface area contributed by atoms with Gasteiger partial charge in [0.15, 0.2) is 5.16 Å². The Hall–Kier alpha value is -1.73. The van der Waals surface area contributed by atoms with E-state index in [-0.39, 0.29) is 17.8 Å². The molecule has 0 atom stereocenters. The third-order valence-corrected chi connectivity index (χ3v) is 4.85. The van der Waals surface area contributed by atoms with E-state index in [0.717, 1.165) is 5.82 Å². The number of aromatic nitrogens is 3. The summed E-state index contributed by atoms with van der Waals surface area (Å²) in [4.78, 5) is 12.9. The molecule has 0 amide bonds. The molecule has 0 unspecified atom stereocenters. The Kier molecular flexibility index (Phi) is 7.39. The number of rotatable bonds is 9. The maximum absolute atomic E-state index is 11.7. The zero-order valence-corrected chi connectivity index (χ0v) is 15.5. The van der Waals surface area contributed by atoms with Gasteiger partial charge in [-0.3, -0.25) is 4.79 Å². The molecule has 0 fully saturated rings. The molecule has 24 heavy (non-hydrogen) atoms. The first-order chi connectivity index (χ1) is 11.6. The summed E-state index contributed by atoms with van der Waals surface area (Å²) >= 11 is 3.04. The van der Waals surface area contributed by atoms with Crippen LogP contribution in [0.5, 0.6) is 0 Å². The van der Waals surface area contributed by atoms with E-state index >= 15 is 0 Å². The number of benzene rings is 1. The van der Waals surface area contributed by atoms with Gasteiger partial charge in [0.1, 0.15) is 5.82 Å². The number of nitrogens with zero attached hydrogens (tertiary/aromatic N) is 3. The Balaban J connectivity index is 2.00. The number of carbonyl (C=O) groups is 1. The molecule has 2 rings (SSSR count). The molecular weight excluding hydrogens is 342 g/mol. The molecule has 7 heteroatoms. The Labute approximate surface area is 150 Å². The average Bonchev–Trinajstić information content (AvgIpc) is 2.94. The molecule has 0 aliphatic carbocycles. The highest BCUT2D eigenvalue weighted by Gasteiger charge is 2.14. The molecule has 0 aliphatic rings. The molecular formula is C17H21N3O2S2. The lowest BCUT2D eigenvalue weighted by atomic mass is 10.4. The van der Waals surface area contributed by atoms with Crippen LogP contribution in [0.3, 0.4) is 0 Å². The van der Waals surface area contributed by atoms with E-state index in [1.807, 2.05) is 36.6 Å². The van der Waals surface area contributed by atoms with Crippen molar-refractivity contribution in [2.24, 2.45) is 0 Å². The highest BCUT2D eigenvalue weighted by atomic mass is 32.2. The molecule has 0 spiro atoms. The van der Waals surface area contributed by atoms with Crippen molar-refractivity contribution in [2.75, 3.05) is 5.75 Å². The van der Waals surface area contributed by atoms with Crippen molar-refractivity contribution in [2.45, 2.75) is 42.3 Å². The summed E-state index contributed by atoms with van der Waals surface area (Å²) in [6, 6.07) is 10.2. The molecule has 0 aliphatic heterocycles. The first-order valence-electron chi connectivity index (χ1n) is 7.63. The second-order valence-electron chi connectivity index (χ2n) is 5.23. The third kappa shape index (κ3) is 5.72. The van der Waals surface area contributed by atoms with Gasteiger partial charge < -0.3 is 9.30 Å². The van der Waals surface area contributed by atoms with Crippen LogP contribution in [-0.4, -0.2) is 32.6 Å². The van der Waals surface area contributed by atoms with Crippen molar-refractivity contribution in [1.29, 1.82) is 0 Å². The van der Waals surface area contributed by atoms with Gasteiger partial charge in [-0.15, -0.1) is 28.5 Å². The number of thioether (sulfide) groups is 2. The summed E-state index contributed by atoms with van der Waals surface area (Å²) in [6.07, 6.45) is 1.69.